The molecule has 0 aliphatic carbocycles. The first-order valence-electron chi connectivity index (χ1n) is 11.4. The van der Waals surface area contributed by atoms with Crippen LogP contribution in [0.1, 0.15) is 45.7 Å². The molecule has 13 heteroatoms. The van der Waals surface area contributed by atoms with E-state index in [1.807, 2.05) is 20.8 Å². The van der Waals surface area contributed by atoms with Crippen molar-refractivity contribution < 1.29 is 28.0 Å². The normalized spacial score (nSPS) is 15.8. The summed E-state index contributed by atoms with van der Waals surface area (Å²) >= 11 is 0. The molecule has 1 aromatic rings. The summed E-state index contributed by atoms with van der Waals surface area (Å²) in [5, 5.41) is 9.89. The lowest BCUT2D eigenvalue weighted by Gasteiger charge is -2.35. The van der Waals surface area contributed by atoms with Crippen molar-refractivity contribution in [3.63, 3.8) is 0 Å². The number of halogens is 3. The third kappa shape index (κ3) is 8.60. The van der Waals surface area contributed by atoms with E-state index < -0.39 is 29.6 Å². The zero-order valence-corrected chi connectivity index (χ0v) is 19.8. The van der Waals surface area contributed by atoms with E-state index in [2.05, 4.69) is 25.7 Å². The van der Waals surface area contributed by atoms with E-state index in [1.165, 1.54) is 0 Å². The molecule has 34 heavy (non-hydrogen) atoms. The number of anilines is 2. The second-order valence-electron chi connectivity index (χ2n) is 8.72. The van der Waals surface area contributed by atoms with Crippen molar-refractivity contribution in [1.29, 1.82) is 0 Å². The molecule has 1 atom stereocenters. The van der Waals surface area contributed by atoms with Gasteiger partial charge in [0.2, 0.25) is 18.3 Å². The predicted molar refractivity (Wildman–Crippen MR) is 120 cm³/mol. The molecule has 1 fully saturated rings. The van der Waals surface area contributed by atoms with Gasteiger partial charge in [0.25, 0.3) is 0 Å². The lowest BCUT2D eigenvalue weighted by atomic mass is 9.97. The van der Waals surface area contributed by atoms with Gasteiger partial charge in [0, 0.05) is 32.2 Å². The summed E-state index contributed by atoms with van der Waals surface area (Å²) in [7, 11) is 0. The lowest BCUT2D eigenvalue weighted by molar-refractivity contribution is -0.154. The number of alkyl halides is 3. The number of carbonyl (C=O) groups excluding carboxylic acids is 2. The summed E-state index contributed by atoms with van der Waals surface area (Å²) < 4.78 is 40.3. The highest BCUT2D eigenvalue weighted by Crippen LogP contribution is 2.30. The number of hydrogen-bond acceptors (Lipinski definition) is 8. The Balaban J connectivity index is 2.13. The van der Waals surface area contributed by atoms with Crippen LogP contribution >= 0.6 is 0 Å². The molecule has 0 spiro atoms. The summed E-state index contributed by atoms with van der Waals surface area (Å²) in [6, 6.07) is 0.900. The molecule has 2 amide bonds. The number of rotatable bonds is 12. The summed E-state index contributed by atoms with van der Waals surface area (Å²) in [6.45, 7) is 9.14. The zero-order chi connectivity index (χ0) is 25.3. The molecule has 1 aromatic heterocycles. The largest absolute Gasteiger partial charge is 0.433 e. The standard InChI is InChI=1S/C21H34F3N7O3/c1-4-29-8-10-30(11-9-29)18-12-17(21(22,23)24)25-20(26-18)28-27-19(33)16(13-31(34)14-32)7-5-6-15(2)3/h12,14-16,34H,4-11,13H2,1-3H3,(H,27,33)(H,25,26,28)/t16-/m0/s1. The smallest absolute Gasteiger partial charge is 0.354 e. The van der Waals surface area contributed by atoms with Gasteiger partial charge in [0.05, 0.1) is 12.5 Å². The van der Waals surface area contributed by atoms with Crippen molar-refractivity contribution >= 4 is 24.1 Å². The minimum atomic E-state index is -4.69. The highest BCUT2D eigenvalue weighted by atomic mass is 19.4. The third-order valence-corrected chi connectivity index (χ3v) is 5.68. The maximum absolute atomic E-state index is 13.4. The first-order chi connectivity index (χ1) is 16.0. The van der Waals surface area contributed by atoms with Crippen molar-refractivity contribution in [3.8, 4) is 0 Å². The van der Waals surface area contributed by atoms with Crippen LogP contribution in [-0.4, -0.2) is 76.7 Å². The van der Waals surface area contributed by atoms with Gasteiger partial charge in [-0.25, -0.2) is 10.0 Å². The molecule has 0 unspecified atom stereocenters. The summed E-state index contributed by atoms with van der Waals surface area (Å²) in [6.07, 6.45) is -2.60. The van der Waals surface area contributed by atoms with Crippen LogP contribution in [0.5, 0.6) is 0 Å². The number of carbonyl (C=O) groups is 2. The number of nitrogens with zero attached hydrogens (tertiary/aromatic N) is 5. The fourth-order valence-electron chi connectivity index (χ4n) is 3.66. The quantitative estimate of drug-likeness (QED) is 0.233. The van der Waals surface area contributed by atoms with Crippen molar-refractivity contribution in [2.24, 2.45) is 11.8 Å². The van der Waals surface area contributed by atoms with Crippen LogP contribution in [-0.2, 0) is 15.8 Å². The first kappa shape index (κ1) is 27.6. The summed E-state index contributed by atoms with van der Waals surface area (Å²) in [5.41, 5.74) is 3.59. The molecule has 0 saturated carbocycles. The number of likely N-dealkylation sites (N-methyl/N-ethyl adjacent to an activating group) is 1. The molecular weight excluding hydrogens is 455 g/mol. The van der Waals surface area contributed by atoms with Gasteiger partial charge >= 0.3 is 6.18 Å². The van der Waals surface area contributed by atoms with Crippen molar-refractivity contribution in [2.45, 2.75) is 46.2 Å². The Kier molecular flexibility index (Phi) is 10.3. The average molecular weight is 490 g/mol. The van der Waals surface area contributed by atoms with E-state index >= 15 is 0 Å². The van der Waals surface area contributed by atoms with Crippen molar-refractivity contribution in [3.05, 3.63) is 11.8 Å². The molecule has 3 N–H and O–H groups in total. The Morgan fingerprint density at radius 1 is 1.24 bits per heavy atom. The van der Waals surface area contributed by atoms with E-state index in [1.54, 1.807) is 4.90 Å². The Morgan fingerprint density at radius 3 is 2.47 bits per heavy atom. The molecule has 2 heterocycles. The van der Waals surface area contributed by atoms with Crippen molar-refractivity contribution in [2.75, 3.05) is 49.6 Å². The number of nitrogens with one attached hydrogen (secondary N) is 2. The average Bonchev–Trinajstić information content (AvgIpc) is 2.80. The van der Waals surface area contributed by atoms with Crippen LogP contribution < -0.4 is 15.8 Å². The molecule has 10 nitrogen and oxygen atoms in total. The third-order valence-electron chi connectivity index (χ3n) is 5.68. The number of hydrogen-bond donors (Lipinski definition) is 3. The highest BCUT2D eigenvalue weighted by molar-refractivity contribution is 5.80. The number of amides is 2. The van der Waals surface area contributed by atoms with E-state index in [9.17, 15) is 28.0 Å². The van der Waals surface area contributed by atoms with E-state index in [0.717, 1.165) is 19.0 Å². The fraction of sp³-hybridized carbons (Fsp3) is 0.714. The number of aromatic nitrogens is 2. The zero-order valence-electron chi connectivity index (χ0n) is 19.8. The Hall–Kier alpha value is -2.67. The van der Waals surface area contributed by atoms with E-state index in [0.29, 0.717) is 50.0 Å². The summed E-state index contributed by atoms with van der Waals surface area (Å²) in [5.74, 6) is -1.23. The maximum atomic E-state index is 13.4. The topological polar surface area (TPSA) is 114 Å². The maximum Gasteiger partial charge on any atom is 0.433 e. The molecule has 1 saturated heterocycles. The van der Waals surface area contributed by atoms with Crippen LogP contribution in [0.3, 0.4) is 0 Å². The van der Waals surface area contributed by atoms with Crippen LogP contribution in [0, 0.1) is 11.8 Å². The SMILES string of the molecule is CCN1CCN(c2cc(C(F)(F)F)nc(NNC(=O)[C@@H](CCCC(C)C)CN(O)C=O)n2)CC1. The first-order valence-corrected chi connectivity index (χ1v) is 11.4. The second-order valence-corrected chi connectivity index (χ2v) is 8.72. The van der Waals surface area contributed by atoms with Crippen LogP contribution in [0.25, 0.3) is 0 Å². The van der Waals surface area contributed by atoms with Gasteiger partial charge in [-0.2, -0.15) is 18.2 Å². The molecule has 192 valence electrons. The minimum Gasteiger partial charge on any atom is -0.354 e. The Morgan fingerprint density at radius 2 is 1.91 bits per heavy atom. The van der Waals surface area contributed by atoms with Gasteiger partial charge < -0.3 is 9.80 Å². The highest BCUT2D eigenvalue weighted by Gasteiger charge is 2.34. The fourth-order valence-corrected chi connectivity index (χ4v) is 3.66. The van der Waals surface area contributed by atoms with Crippen LogP contribution in [0.4, 0.5) is 24.9 Å². The molecule has 1 aliphatic heterocycles. The number of piperazine rings is 1. The van der Waals surface area contributed by atoms with Gasteiger partial charge in [0.1, 0.15) is 5.82 Å². The molecule has 0 radical (unpaired) electrons. The van der Waals surface area contributed by atoms with Gasteiger partial charge in [-0.15, -0.1) is 0 Å². The Bertz CT molecular complexity index is 802. The van der Waals surface area contributed by atoms with Crippen LogP contribution in [0.15, 0.2) is 6.07 Å². The molecule has 0 bridgehead atoms. The number of hydroxylamine groups is 2. The summed E-state index contributed by atoms with van der Waals surface area (Å²) in [4.78, 5) is 35.1. The molecule has 0 aromatic carbocycles. The van der Waals surface area contributed by atoms with Gasteiger partial charge in [-0.05, 0) is 18.9 Å². The number of hydrazine groups is 1. The lowest BCUT2D eigenvalue weighted by Crippen LogP contribution is -2.46. The minimum absolute atomic E-state index is 0.116. The van der Waals surface area contributed by atoms with Gasteiger partial charge in [0.15, 0.2) is 5.69 Å². The molecular formula is C21H34F3N7O3. The monoisotopic (exact) mass is 489 g/mol. The molecule has 2 rings (SSSR count). The van der Waals surface area contributed by atoms with E-state index in [4.69, 9.17) is 0 Å². The van der Waals surface area contributed by atoms with Gasteiger partial charge in [-0.3, -0.25) is 25.6 Å². The van der Waals surface area contributed by atoms with Crippen LogP contribution in [0.2, 0.25) is 0 Å². The van der Waals surface area contributed by atoms with E-state index in [-0.39, 0.29) is 18.8 Å². The molecule has 1 aliphatic rings. The van der Waals surface area contributed by atoms with Crippen molar-refractivity contribution in [1.82, 2.24) is 25.4 Å². The second kappa shape index (κ2) is 12.7. The predicted octanol–water partition coefficient (Wildman–Crippen LogP) is 2.37. The van der Waals surface area contributed by atoms with Gasteiger partial charge in [-0.1, -0.05) is 33.6 Å². The Labute approximate surface area is 197 Å².